The molecule has 0 saturated heterocycles. The van der Waals surface area contributed by atoms with Gasteiger partial charge in [0.1, 0.15) is 0 Å². The Kier molecular flexibility index (Phi) is 5.53. The van der Waals surface area contributed by atoms with Crippen LogP contribution in [-0.4, -0.2) is 26.6 Å². The van der Waals surface area contributed by atoms with Crippen molar-refractivity contribution in [3.63, 3.8) is 0 Å². The lowest BCUT2D eigenvalue weighted by atomic mass is 11.2. The molecule has 80 valence electrons. The molecule has 0 bridgehead atoms. The Labute approximate surface area is 91.6 Å². The molecule has 0 fully saturated rings. The summed E-state index contributed by atoms with van der Waals surface area (Å²) in [4.78, 5) is 0. The van der Waals surface area contributed by atoms with Crippen molar-refractivity contribution in [3.8, 4) is 0 Å². The average molecular weight is 245 g/mol. The van der Waals surface area contributed by atoms with Crippen LogP contribution in [0.3, 0.4) is 0 Å². The predicted octanol–water partition coefficient (Wildman–Crippen LogP) is 1.97. The molecule has 0 unspecified atom stereocenters. The van der Waals surface area contributed by atoms with Crippen molar-refractivity contribution in [1.29, 1.82) is 0 Å². The van der Waals surface area contributed by atoms with Crippen LogP contribution in [0.4, 0.5) is 0 Å². The molecule has 14 heavy (non-hydrogen) atoms. The Morgan fingerprint density at radius 1 is 0.929 bits per heavy atom. The smallest absolute Gasteiger partial charge is 0.284 e. The minimum Gasteiger partial charge on any atom is -0.441 e. The van der Waals surface area contributed by atoms with E-state index in [1.807, 2.05) is 17.1 Å². The van der Waals surface area contributed by atoms with Crippen molar-refractivity contribution >= 4 is 26.6 Å². The number of rotatable bonds is 7. The zero-order chi connectivity index (χ0) is 11.2. The highest BCUT2D eigenvalue weighted by molar-refractivity contribution is 6.90. The summed E-state index contributed by atoms with van der Waals surface area (Å²) in [5.41, 5.74) is 5.48. The van der Waals surface area contributed by atoms with Crippen LogP contribution in [-0.2, 0) is 8.23 Å². The molecule has 0 radical (unpaired) electrons. The molecule has 2 nitrogen and oxygen atoms in total. The topological polar surface area (TPSA) is 18.5 Å². The third-order valence-electron chi connectivity index (χ3n) is 1.76. The van der Waals surface area contributed by atoms with Crippen molar-refractivity contribution in [3.05, 3.63) is 36.8 Å². The highest BCUT2D eigenvalue weighted by Crippen LogP contribution is 2.10. The van der Waals surface area contributed by atoms with E-state index in [0.29, 0.717) is 0 Å². The maximum Gasteiger partial charge on any atom is 0.284 e. The summed E-state index contributed by atoms with van der Waals surface area (Å²) in [6.45, 7) is 17.8. The highest BCUT2D eigenvalue weighted by Gasteiger charge is 2.24. The molecule has 0 N–H and O–H groups in total. The van der Waals surface area contributed by atoms with E-state index in [0.717, 1.165) is 0 Å². The van der Waals surface area contributed by atoms with E-state index in [1.54, 1.807) is 0 Å². The highest BCUT2D eigenvalue weighted by atomic mass is 28.4. The van der Waals surface area contributed by atoms with Gasteiger partial charge in [0, 0.05) is 0 Å². The Hall–Kier alpha value is -0.209. The second kappa shape index (κ2) is 5.62. The number of hydrogen-bond donors (Lipinski definition) is 0. The summed E-state index contributed by atoms with van der Waals surface area (Å²) < 4.78 is 11.5. The van der Waals surface area contributed by atoms with Gasteiger partial charge in [-0.2, -0.15) is 0 Å². The fourth-order valence-corrected chi connectivity index (χ4v) is 5.65. The van der Waals surface area contributed by atoms with Crippen molar-refractivity contribution in [2.45, 2.75) is 19.6 Å². The van der Waals surface area contributed by atoms with Crippen LogP contribution < -0.4 is 0 Å². The van der Waals surface area contributed by atoms with Crippen molar-refractivity contribution in [2.24, 2.45) is 0 Å². The number of hydrogen-bond acceptors (Lipinski definition) is 2. The summed E-state index contributed by atoms with van der Waals surface area (Å²) in [7, 11) is -4.43. The van der Waals surface area contributed by atoms with Gasteiger partial charge in [-0.15, -0.1) is 19.7 Å². The van der Waals surface area contributed by atoms with Gasteiger partial charge in [0.25, 0.3) is 18.3 Å². The van der Waals surface area contributed by atoms with E-state index in [4.69, 9.17) is 8.23 Å². The summed E-state index contributed by atoms with van der Waals surface area (Å²) in [5.74, 6) is 0. The second-order valence-corrected chi connectivity index (χ2v) is 13.7. The van der Waals surface area contributed by atoms with Crippen LogP contribution in [0.5, 0.6) is 0 Å². The Morgan fingerprint density at radius 2 is 1.36 bits per heavy atom. The standard InChI is InChI=1S/C9H20O2Si3/c1-7-14(8-2,9-3)11-12-10-13(4,5)6/h7-9H,1-3,12H2,4-6H3. The van der Waals surface area contributed by atoms with Crippen molar-refractivity contribution in [1.82, 2.24) is 0 Å². The molecule has 0 aliphatic carbocycles. The molecule has 0 spiro atoms. The van der Waals surface area contributed by atoms with E-state index in [9.17, 15) is 0 Å². The van der Waals surface area contributed by atoms with E-state index >= 15 is 0 Å². The van der Waals surface area contributed by atoms with Crippen LogP contribution in [0.2, 0.25) is 19.6 Å². The van der Waals surface area contributed by atoms with Gasteiger partial charge < -0.3 is 8.23 Å². The molecule has 0 aromatic rings. The average Bonchev–Trinajstić information content (AvgIpc) is 2.11. The zero-order valence-corrected chi connectivity index (χ0v) is 12.8. The molecular weight excluding hydrogens is 224 g/mol. The van der Waals surface area contributed by atoms with Gasteiger partial charge in [0.05, 0.1) is 0 Å². The van der Waals surface area contributed by atoms with Crippen LogP contribution >= 0.6 is 0 Å². The molecule has 0 heterocycles. The maximum atomic E-state index is 5.79. The summed E-state index contributed by atoms with van der Waals surface area (Å²) in [6.07, 6.45) is 0. The largest absolute Gasteiger partial charge is 0.441 e. The third-order valence-corrected chi connectivity index (χ3v) is 10.1. The molecule has 0 amide bonds. The molecule has 0 rings (SSSR count). The Balaban J connectivity index is 4.15. The van der Waals surface area contributed by atoms with Gasteiger partial charge >= 0.3 is 0 Å². The first kappa shape index (κ1) is 13.8. The molecule has 0 aliphatic rings. The Bertz CT molecular complexity index is 199. The van der Waals surface area contributed by atoms with E-state index in [-0.39, 0.29) is 0 Å². The van der Waals surface area contributed by atoms with E-state index in [2.05, 4.69) is 39.4 Å². The van der Waals surface area contributed by atoms with Gasteiger partial charge in [-0.05, 0) is 19.6 Å². The van der Waals surface area contributed by atoms with E-state index < -0.39 is 26.6 Å². The molecule has 0 aromatic heterocycles. The molecule has 0 aromatic carbocycles. The lowest BCUT2D eigenvalue weighted by molar-refractivity contribution is 0.464. The van der Waals surface area contributed by atoms with Gasteiger partial charge in [0.15, 0.2) is 8.32 Å². The molecule has 5 heteroatoms. The molecular formula is C9H20O2Si3. The van der Waals surface area contributed by atoms with Crippen LogP contribution in [0.15, 0.2) is 36.8 Å². The molecule has 0 aliphatic heterocycles. The summed E-state index contributed by atoms with van der Waals surface area (Å²) in [6, 6.07) is 0. The van der Waals surface area contributed by atoms with Crippen molar-refractivity contribution in [2.75, 3.05) is 0 Å². The summed E-state index contributed by atoms with van der Waals surface area (Å²) >= 11 is 0. The van der Waals surface area contributed by atoms with Gasteiger partial charge in [0.2, 0.25) is 0 Å². The Morgan fingerprint density at radius 3 is 1.64 bits per heavy atom. The van der Waals surface area contributed by atoms with Crippen LogP contribution in [0.1, 0.15) is 0 Å². The quantitative estimate of drug-likeness (QED) is 0.638. The first-order chi connectivity index (χ1) is 6.39. The minimum absolute atomic E-state index is 0.920. The SMILES string of the molecule is C=C[Si](C=C)(C=C)O[SiH2]O[Si](C)(C)C. The molecule has 0 atom stereocenters. The maximum absolute atomic E-state index is 5.79. The lowest BCUT2D eigenvalue weighted by Crippen LogP contribution is -2.38. The fraction of sp³-hybridized carbons (Fsp3) is 0.333. The second-order valence-electron chi connectivity index (χ2n) is 3.98. The van der Waals surface area contributed by atoms with Crippen LogP contribution in [0.25, 0.3) is 0 Å². The van der Waals surface area contributed by atoms with Crippen LogP contribution in [0, 0.1) is 0 Å². The molecule has 0 saturated carbocycles. The zero-order valence-electron chi connectivity index (χ0n) is 9.38. The summed E-state index contributed by atoms with van der Waals surface area (Å²) in [5, 5.41) is 0. The van der Waals surface area contributed by atoms with Gasteiger partial charge in [-0.1, -0.05) is 17.1 Å². The normalized spacial score (nSPS) is 13.1. The first-order valence-corrected chi connectivity index (χ1v) is 11.3. The monoisotopic (exact) mass is 244 g/mol. The van der Waals surface area contributed by atoms with Gasteiger partial charge in [-0.25, -0.2) is 0 Å². The third kappa shape index (κ3) is 4.87. The van der Waals surface area contributed by atoms with E-state index in [1.165, 1.54) is 0 Å². The fourth-order valence-electron chi connectivity index (χ4n) is 0.735. The van der Waals surface area contributed by atoms with Crippen molar-refractivity contribution < 1.29 is 8.23 Å². The predicted molar refractivity (Wildman–Crippen MR) is 70.4 cm³/mol. The minimum atomic E-state index is -2.07. The van der Waals surface area contributed by atoms with Gasteiger partial charge in [-0.3, -0.25) is 0 Å². The lowest BCUT2D eigenvalue weighted by Gasteiger charge is -2.24. The first-order valence-electron chi connectivity index (χ1n) is 4.58.